The summed E-state index contributed by atoms with van der Waals surface area (Å²) in [5.74, 6) is -0.244. The van der Waals surface area contributed by atoms with Crippen LogP contribution in [0.4, 0.5) is 19.1 Å². The number of hydrogen-bond donors (Lipinski definition) is 2. The van der Waals surface area contributed by atoms with E-state index >= 15 is 0 Å². The minimum atomic E-state index is -4.77. The number of nitrogen functional groups attached to an aromatic ring is 1. The Kier molecular flexibility index (Phi) is 4.06. The highest BCUT2D eigenvalue weighted by Gasteiger charge is 2.31. The molecular weight excluding hydrogens is 345 g/mol. The molecule has 0 unspecified atom stereocenters. The molecule has 3 N–H and O–H groups in total. The van der Waals surface area contributed by atoms with Crippen LogP contribution in [0.2, 0.25) is 5.02 Å². The molecular formula is C15H10ClF3N4O. The Bertz CT molecular complexity index is 879. The minimum Gasteiger partial charge on any atom is -0.406 e. The van der Waals surface area contributed by atoms with Crippen molar-refractivity contribution in [3.63, 3.8) is 0 Å². The van der Waals surface area contributed by atoms with Gasteiger partial charge in [0.1, 0.15) is 5.75 Å². The van der Waals surface area contributed by atoms with Gasteiger partial charge in [0.15, 0.2) is 0 Å². The molecule has 1 aromatic carbocycles. The molecule has 0 bridgehead atoms. The highest BCUT2D eigenvalue weighted by atomic mass is 35.5. The molecule has 0 aliphatic rings. The molecule has 2 heterocycles. The maximum atomic E-state index is 12.4. The number of aromatic amines is 1. The van der Waals surface area contributed by atoms with Crippen LogP contribution in [0, 0.1) is 0 Å². The van der Waals surface area contributed by atoms with Crippen molar-refractivity contribution in [2.45, 2.75) is 6.36 Å². The Morgan fingerprint density at radius 2 is 1.83 bits per heavy atom. The van der Waals surface area contributed by atoms with Gasteiger partial charge in [0.05, 0.1) is 16.4 Å². The molecule has 0 saturated carbocycles. The first-order valence-corrected chi connectivity index (χ1v) is 7.03. The maximum absolute atomic E-state index is 12.4. The van der Waals surface area contributed by atoms with Gasteiger partial charge in [-0.3, -0.25) is 0 Å². The van der Waals surface area contributed by atoms with E-state index in [0.29, 0.717) is 22.6 Å². The molecule has 0 radical (unpaired) electrons. The Morgan fingerprint density at radius 1 is 1.08 bits per heavy atom. The van der Waals surface area contributed by atoms with Gasteiger partial charge in [0.2, 0.25) is 5.95 Å². The molecule has 9 heteroatoms. The van der Waals surface area contributed by atoms with Gasteiger partial charge >= 0.3 is 6.36 Å². The van der Waals surface area contributed by atoms with Crippen LogP contribution in [-0.4, -0.2) is 21.3 Å². The summed E-state index contributed by atoms with van der Waals surface area (Å²) >= 11 is 6.08. The van der Waals surface area contributed by atoms with E-state index in [1.54, 1.807) is 18.2 Å². The SMILES string of the molecule is Nc1nccc(-c2ccc(-c3cc(OC(F)(F)F)ccc3Cl)[nH]2)n1. The summed E-state index contributed by atoms with van der Waals surface area (Å²) in [6.07, 6.45) is -3.27. The first-order chi connectivity index (χ1) is 11.3. The number of aromatic nitrogens is 3. The number of ether oxygens (including phenoxy) is 1. The first kappa shape index (κ1) is 16.1. The number of nitrogens with two attached hydrogens (primary N) is 1. The number of H-pyrrole nitrogens is 1. The number of nitrogens with one attached hydrogen (secondary N) is 1. The van der Waals surface area contributed by atoms with Crippen molar-refractivity contribution in [3.05, 3.63) is 47.6 Å². The number of halogens is 4. The summed E-state index contributed by atoms with van der Waals surface area (Å²) in [5.41, 5.74) is 7.59. The van der Waals surface area contributed by atoms with Gasteiger partial charge in [0.25, 0.3) is 0 Å². The molecule has 3 rings (SSSR count). The van der Waals surface area contributed by atoms with Gasteiger partial charge in [-0.05, 0) is 36.4 Å². The van der Waals surface area contributed by atoms with E-state index in [-0.39, 0.29) is 16.7 Å². The fourth-order valence-corrected chi connectivity index (χ4v) is 2.35. The molecule has 24 heavy (non-hydrogen) atoms. The van der Waals surface area contributed by atoms with Crippen LogP contribution >= 0.6 is 11.6 Å². The zero-order valence-electron chi connectivity index (χ0n) is 11.9. The standard InChI is InChI=1S/C15H10ClF3N4O/c16-10-2-1-8(24-15(17,18)19)7-9(10)11-3-4-12(22-11)13-5-6-21-14(20)23-13/h1-7,22H,(H2,20,21,23). The maximum Gasteiger partial charge on any atom is 0.573 e. The van der Waals surface area contributed by atoms with Crippen LogP contribution in [0.3, 0.4) is 0 Å². The second-order valence-electron chi connectivity index (χ2n) is 4.78. The lowest BCUT2D eigenvalue weighted by Gasteiger charge is -2.10. The fraction of sp³-hybridized carbons (Fsp3) is 0.0667. The van der Waals surface area contributed by atoms with E-state index in [1.807, 2.05) is 0 Å². The summed E-state index contributed by atoms with van der Waals surface area (Å²) in [7, 11) is 0. The van der Waals surface area contributed by atoms with Gasteiger partial charge in [0, 0.05) is 17.5 Å². The fourth-order valence-electron chi connectivity index (χ4n) is 2.13. The third kappa shape index (κ3) is 3.60. The van der Waals surface area contributed by atoms with E-state index in [4.69, 9.17) is 17.3 Å². The van der Waals surface area contributed by atoms with Gasteiger partial charge in [-0.25, -0.2) is 9.97 Å². The number of nitrogens with zero attached hydrogens (tertiary/aromatic N) is 2. The lowest BCUT2D eigenvalue weighted by atomic mass is 10.1. The lowest BCUT2D eigenvalue weighted by Crippen LogP contribution is -2.17. The molecule has 3 aromatic rings. The van der Waals surface area contributed by atoms with Crippen LogP contribution in [0.5, 0.6) is 5.75 Å². The Balaban J connectivity index is 1.96. The van der Waals surface area contributed by atoms with Crippen molar-refractivity contribution in [2.75, 3.05) is 5.73 Å². The van der Waals surface area contributed by atoms with Gasteiger partial charge in [-0.2, -0.15) is 0 Å². The summed E-state index contributed by atoms with van der Waals surface area (Å²) in [4.78, 5) is 10.9. The van der Waals surface area contributed by atoms with Gasteiger partial charge in [-0.15, -0.1) is 13.2 Å². The topological polar surface area (TPSA) is 76.8 Å². The molecule has 0 aliphatic heterocycles. The highest BCUT2D eigenvalue weighted by molar-refractivity contribution is 6.33. The Hall–Kier alpha value is -2.74. The molecule has 0 atom stereocenters. The highest BCUT2D eigenvalue weighted by Crippen LogP contribution is 2.34. The van der Waals surface area contributed by atoms with Crippen LogP contribution in [-0.2, 0) is 0 Å². The van der Waals surface area contributed by atoms with Crippen molar-refractivity contribution < 1.29 is 17.9 Å². The quantitative estimate of drug-likeness (QED) is 0.736. The Labute approximate surface area is 139 Å². The first-order valence-electron chi connectivity index (χ1n) is 6.65. The molecule has 5 nitrogen and oxygen atoms in total. The molecule has 0 fully saturated rings. The largest absolute Gasteiger partial charge is 0.573 e. The third-order valence-electron chi connectivity index (χ3n) is 3.10. The summed E-state index contributed by atoms with van der Waals surface area (Å²) in [5, 5.41) is 0.278. The van der Waals surface area contributed by atoms with E-state index in [1.165, 1.54) is 18.3 Å². The van der Waals surface area contributed by atoms with Crippen LogP contribution in [0.1, 0.15) is 0 Å². The molecule has 0 aliphatic carbocycles. The predicted molar refractivity (Wildman–Crippen MR) is 83.4 cm³/mol. The van der Waals surface area contributed by atoms with E-state index < -0.39 is 6.36 Å². The molecule has 2 aromatic heterocycles. The van der Waals surface area contributed by atoms with Crippen LogP contribution in [0.15, 0.2) is 42.6 Å². The smallest absolute Gasteiger partial charge is 0.406 e. The monoisotopic (exact) mass is 354 g/mol. The molecule has 0 spiro atoms. The van der Waals surface area contributed by atoms with Crippen molar-refractivity contribution in [2.24, 2.45) is 0 Å². The second-order valence-corrected chi connectivity index (χ2v) is 5.18. The number of rotatable bonds is 3. The zero-order chi connectivity index (χ0) is 17.3. The van der Waals surface area contributed by atoms with Gasteiger partial charge < -0.3 is 15.5 Å². The number of hydrogen-bond acceptors (Lipinski definition) is 4. The van der Waals surface area contributed by atoms with Crippen LogP contribution < -0.4 is 10.5 Å². The average Bonchev–Trinajstić information content (AvgIpc) is 2.97. The van der Waals surface area contributed by atoms with Crippen molar-refractivity contribution in [3.8, 4) is 28.4 Å². The number of anilines is 1. The zero-order valence-corrected chi connectivity index (χ0v) is 12.7. The second kappa shape index (κ2) is 6.04. The minimum absolute atomic E-state index is 0.113. The number of benzene rings is 1. The summed E-state index contributed by atoms with van der Waals surface area (Å²) < 4.78 is 41.0. The van der Waals surface area contributed by atoms with Gasteiger partial charge in [-0.1, -0.05) is 11.6 Å². The summed E-state index contributed by atoms with van der Waals surface area (Å²) in [6.45, 7) is 0. The Morgan fingerprint density at radius 3 is 2.54 bits per heavy atom. The molecule has 0 amide bonds. The van der Waals surface area contributed by atoms with Crippen LogP contribution in [0.25, 0.3) is 22.6 Å². The number of alkyl halides is 3. The van der Waals surface area contributed by atoms with E-state index in [2.05, 4.69) is 19.7 Å². The average molecular weight is 355 g/mol. The van der Waals surface area contributed by atoms with Crippen molar-refractivity contribution >= 4 is 17.5 Å². The summed E-state index contributed by atoms with van der Waals surface area (Å²) in [6, 6.07) is 8.73. The van der Waals surface area contributed by atoms with Crippen molar-refractivity contribution in [1.82, 2.24) is 15.0 Å². The molecule has 124 valence electrons. The predicted octanol–water partition coefficient (Wildman–Crippen LogP) is 4.27. The third-order valence-corrected chi connectivity index (χ3v) is 3.43. The van der Waals surface area contributed by atoms with Crippen molar-refractivity contribution in [1.29, 1.82) is 0 Å². The van der Waals surface area contributed by atoms with E-state index in [0.717, 1.165) is 6.07 Å². The van der Waals surface area contributed by atoms with E-state index in [9.17, 15) is 13.2 Å². The lowest BCUT2D eigenvalue weighted by molar-refractivity contribution is -0.274. The normalized spacial score (nSPS) is 11.5. The molecule has 0 saturated heterocycles.